The first-order chi connectivity index (χ1) is 14.2. The van der Waals surface area contributed by atoms with Gasteiger partial charge in [0.15, 0.2) is 0 Å². The van der Waals surface area contributed by atoms with Gasteiger partial charge >= 0.3 is 0 Å². The first kappa shape index (κ1) is 18.8. The summed E-state index contributed by atoms with van der Waals surface area (Å²) in [5.74, 6) is 0.154. The smallest absolute Gasteiger partial charge is 0.254 e. The zero-order valence-corrected chi connectivity index (χ0v) is 17.1. The highest BCUT2D eigenvalue weighted by atomic mass is 16.5. The number of rotatable bonds is 4. The molecule has 2 spiro atoms. The fourth-order valence-corrected chi connectivity index (χ4v) is 5.11. The lowest BCUT2D eigenvalue weighted by Gasteiger charge is -2.51. The molecule has 4 nitrogen and oxygen atoms in total. The van der Waals surface area contributed by atoms with Gasteiger partial charge in [-0.05, 0) is 56.3 Å². The Balaban J connectivity index is 1.30. The molecule has 2 saturated heterocycles. The first-order valence-corrected chi connectivity index (χ1v) is 11.0. The lowest BCUT2D eigenvalue weighted by atomic mass is 9.89. The molecule has 0 bridgehead atoms. The van der Waals surface area contributed by atoms with Crippen LogP contribution in [0.4, 0.5) is 0 Å². The van der Waals surface area contributed by atoms with Gasteiger partial charge in [-0.1, -0.05) is 48.5 Å². The van der Waals surface area contributed by atoms with Gasteiger partial charge in [0, 0.05) is 18.7 Å². The largest absolute Gasteiger partial charge is 0.364 e. The van der Waals surface area contributed by atoms with E-state index in [0.717, 1.165) is 63.8 Å². The molecule has 1 saturated carbocycles. The van der Waals surface area contributed by atoms with Gasteiger partial charge in [-0.25, -0.2) is 0 Å². The van der Waals surface area contributed by atoms with Crippen LogP contribution in [0.2, 0.25) is 0 Å². The summed E-state index contributed by atoms with van der Waals surface area (Å²) in [5.41, 5.74) is 1.87. The zero-order valence-electron chi connectivity index (χ0n) is 17.1. The minimum absolute atomic E-state index is 0.0921. The molecule has 0 aromatic heterocycles. The van der Waals surface area contributed by atoms with E-state index in [0.29, 0.717) is 6.54 Å². The number of nitrogens with zero attached hydrogens (tertiary/aromatic N) is 2. The third-order valence-corrected chi connectivity index (χ3v) is 6.68. The van der Waals surface area contributed by atoms with Gasteiger partial charge in [-0.2, -0.15) is 0 Å². The maximum Gasteiger partial charge on any atom is 0.254 e. The minimum atomic E-state index is -0.214. The van der Waals surface area contributed by atoms with Crippen LogP contribution in [0, 0.1) is 0 Å². The van der Waals surface area contributed by atoms with Crippen LogP contribution in [-0.2, 0) is 11.2 Å². The first-order valence-electron chi connectivity index (χ1n) is 11.0. The highest BCUT2D eigenvalue weighted by molar-refractivity contribution is 5.94. The number of benzene rings is 2. The van der Waals surface area contributed by atoms with Crippen molar-refractivity contribution in [3.05, 3.63) is 71.8 Å². The molecular formula is C25H30N2O2. The van der Waals surface area contributed by atoms with Gasteiger partial charge in [0.1, 0.15) is 0 Å². The van der Waals surface area contributed by atoms with Crippen molar-refractivity contribution >= 4 is 5.91 Å². The monoisotopic (exact) mass is 390 g/mol. The van der Waals surface area contributed by atoms with Crippen LogP contribution in [0.15, 0.2) is 60.7 Å². The maximum atomic E-state index is 13.2. The molecule has 1 amide bonds. The molecule has 2 aromatic rings. The van der Waals surface area contributed by atoms with E-state index >= 15 is 0 Å². The number of likely N-dealkylation sites (tertiary alicyclic amines) is 1. The average molecular weight is 391 g/mol. The molecule has 3 fully saturated rings. The quantitative estimate of drug-likeness (QED) is 0.797. The van der Waals surface area contributed by atoms with Crippen molar-refractivity contribution < 1.29 is 9.53 Å². The summed E-state index contributed by atoms with van der Waals surface area (Å²) in [4.78, 5) is 17.8. The van der Waals surface area contributed by atoms with Gasteiger partial charge in [0.25, 0.3) is 5.91 Å². The SMILES string of the molecule is O=C(c1ccccc1)N1CC2(CC2)OC2(CCCN(CCc3ccccc3)C2)C1. The Kier molecular flexibility index (Phi) is 4.92. The number of hydrogen-bond donors (Lipinski definition) is 0. The third-order valence-electron chi connectivity index (χ3n) is 6.68. The average Bonchev–Trinajstić information content (AvgIpc) is 3.50. The second kappa shape index (κ2) is 7.58. The maximum absolute atomic E-state index is 13.2. The van der Waals surface area contributed by atoms with Crippen molar-refractivity contribution in [1.29, 1.82) is 0 Å². The van der Waals surface area contributed by atoms with Crippen LogP contribution in [0.1, 0.15) is 41.6 Å². The zero-order chi connectivity index (χ0) is 19.7. The van der Waals surface area contributed by atoms with Crippen molar-refractivity contribution in [2.45, 2.75) is 43.3 Å². The Morgan fingerprint density at radius 1 is 0.862 bits per heavy atom. The van der Waals surface area contributed by atoms with Gasteiger partial charge < -0.3 is 14.5 Å². The molecule has 3 aliphatic rings. The number of carbonyl (C=O) groups excluding carboxylic acids is 1. The standard InChI is InChI=1S/C25H30N2O2/c28-23(22-10-5-2-6-11-22)27-19-24(14-15-24)29-25(20-27)13-7-16-26(18-25)17-12-21-8-3-1-4-9-21/h1-6,8-11H,7,12-20H2. The number of hydrogen-bond acceptors (Lipinski definition) is 3. The molecule has 1 unspecified atom stereocenters. The Labute approximate surface area is 173 Å². The molecule has 1 aliphatic carbocycles. The van der Waals surface area contributed by atoms with Crippen LogP contribution >= 0.6 is 0 Å². The van der Waals surface area contributed by atoms with E-state index in [1.807, 2.05) is 30.3 Å². The molecule has 4 heteroatoms. The number of amides is 1. The molecular weight excluding hydrogens is 360 g/mol. The van der Waals surface area contributed by atoms with Crippen molar-refractivity contribution in [1.82, 2.24) is 9.80 Å². The highest BCUT2D eigenvalue weighted by Gasteiger charge is 2.57. The number of ether oxygens (including phenoxy) is 1. The fraction of sp³-hybridized carbons (Fsp3) is 0.480. The molecule has 2 aliphatic heterocycles. The van der Waals surface area contributed by atoms with E-state index in [4.69, 9.17) is 4.74 Å². The van der Waals surface area contributed by atoms with Crippen molar-refractivity contribution in [2.75, 3.05) is 32.7 Å². The summed E-state index contributed by atoms with van der Waals surface area (Å²) in [5, 5.41) is 0. The van der Waals surface area contributed by atoms with Gasteiger partial charge in [-0.15, -0.1) is 0 Å². The number of piperidine rings is 1. The second-order valence-corrected chi connectivity index (χ2v) is 9.11. The Bertz CT molecular complexity index is 850. The van der Waals surface area contributed by atoms with E-state index in [1.54, 1.807) is 0 Å². The summed E-state index contributed by atoms with van der Waals surface area (Å²) in [6.45, 7) is 4.56. The number of morpholine rings is 1. The van der Waals surface area contributed by atoms with Gasteiger partial charge in [-0.3, -0.25) is 4.79 Å². The van der Waals surface area contributed by atoms with Crippen LogP contribution in [0.3, 0.4) is 0 Å². The van der Waals surface area contributed by atoms with E-state index in [2.05, 4.69) is 40.1 Å². The fourth-order valence-electron chi connectivity index (χ4n) is 5.11. The van der Waals surface area contributed by atoms with E-state index in [1.165, 1.54) is 5.56 Å². The molecule has 0 radical (unpaired) electrons. The molecule has 0 N–H and O–H groups in total. The van der Waals surface area contributed by atoms with Crippen molar-refractivity contribution in [2.24, 2.45) is 0 Å². The van der Waals surface area contributed by atoms with Crippen LogP contribution in [-0.4, -0.2) is 59.6 Å². The molecule has 2 heterocycles. The van der Waals surface area contributed by atoms with Gasteiger partial charge in [0.2, 0.25) is 0 Å². The lowest BCUT2D eigenvalue weighted by molar-refractivity contribution is -0.182. The number of carbonyl (C=O) groups is 1. The topological polar surface area (TPSA) is 32.8 Å². The Morgan fingerprint density at radius 3 is 2.28 bits per heavy atom. The van der Waals surface area contributed by atoms with E-state index in [9.17, 15) is 4.79 Å². The third kappa shape index (κ3) is 4.10. The highest BCUT2D eigenvalue weighted by Crippen LogP contribution is 2.48. The summed E-state index contributed by atoms with van der Waals surface area (Å²) in [6.07, 6.45) is 5.41. The van der Waals surface area contributed by atoms with Crippen LogP contribution < -0.4 is 0 Å². The molecule has 2 aromatic carbocycles. The predicted octanol–water partition coefficient (Wildman–Crippen LogP) is 3.77. The van der Waals surface area contributed by atoms with Crippen molar-refractivity contribution in [3.63, 3.8) is 0 Å². The summed E-state index contributed by atoms with van der Waals surface area (Å²) in [6, 6.07) is 20.4. The summed E-state index contributed by atoms with van der Waals surface area (Å²) < 4.78 is 6.78. The minimum Gasteiger partial charge on any atom is -0.364 e. The van der Waals surface area contributed by atoms with Crippen LogP contribution in [0.5, 0.6) is 0 Å². The lowest BCUT2D eigenvalue weighted by Crippen LogP contribution is -2.64. The summed E-state index contributed by atoms with van der Waals surface area (Å²) >= 11 is 0. The molecule has 1 atom stereocenters. The van der Waals surface area contributed by atoms with Crippen LogP contribution in [0.25, 0.3) is 0 Å². The van der Waals surface area contributed by atoms with E-state index < -0.39 is 0 Å². The summed E-state index contributed by atoms with van der Waals surface area (Å²) in [7, 11) is 0. The van der Waals surface area contributed by atoms with Crippen molar-refractivity contribution in [3.8, 4) is 0 Å². The Hall–Kier alpha value is -2.17. The Morgan fingerprint density at radius 2 is 1.55 bits per heavy atom. The molecule has 152 valence electrons. The normalized spacial score (nSPS) is 26.0. The predicted molar refractivity (Wildman–Crippen MR) is 114 cm³/mol. The molecule has 5 rings (SSSR count). The molecule has 29 heavy (non-hydrogen) atoms. The van der Waals surface area contributed by atoms with Gasteiger partial charge in [0.05, 0.1) is 24.3 Å². The van der Waals surface area contributed by atoms with E-state index in [-0.39, 0.29) is 17.1 Å². The second-order valence-electron chi connectivity index (χ2n) is 9.11.